The molecule has 0 N–H and O–H groups in total. The van der Waals surface area contributed by atoms with E-state index in [1.807, 2.05) is 42.5 Å². The van der Waals surface area contributed by atoms with Gasteiger partial charge in [0.15, 0.2) is 0 Å². The first-order valence-electron chi connectivity index (χ1n) is 7.45. The molecular weight excluding hydrogens is 304 g/mol. The molecule has 5 nitrogen and oxygen atoms in total. The summed E-state index contributed by atoms with van der Waals surface area (Å²) in [6, 6.07) is 18.2. The second kappa shape index (κ2) is 7.02. The van der Waals surface area contributed by atoms with Crippen LogP contribution in [-0.2, 0) is 11.5 Å². The lowest BCUT2D eigenvalue weighted by Crippen LogP contribution is -2.24. The summed E-state index contributed by atoms with van der Waals surface area (Å²) < 4.78 is 6.32. The summed E-state index contributed by atoms with van der Waals surface area (Å²) in [6.45, 7) is 0.0863. The summed E-state index contributed by atoms with van der Waals surface area (Å²) in [5, 5.41) is 4.46. The molecule has 3 aromatic rings. The lowest BCUT2D eigenvalue weighted by atomic mass is 9.99. The normalized spacial score (nSPS) is 10.5. The van der Waals surface area contributed by atoms with Crippen molar-refractivity contribution in [2.24, 2.45) is 0 Å². The van der Waals surface area contributed by atoms with Gasteiger partial charge in [0.05, 0.1) is 5.69 Å². The van der Waals surface area contributed by atoms with Gasteiger partial charge in [-0.05, 0) is 5.56 Å². The van der Waals surface area contributed by atoms with E-state index in [0.29, 0.717) is 11.3 Å². The number of aldehydes is 1. The highest BCUT2D eigenvalue weighted by atomic mass is 16.5. The Kier molecular flexibility index (Phi) is 4.63. The van der Waals surface area contributed by atoms with Crippen molar-refractivity contribution in [1.82, 2.24) is 9.78 Å². The minimum absolute atomic E-state index is 0.0863. The summed E-state index contributed by atoms with van der Waals surface area (Å²) >= 11 is 0. The van der Waals surface area contributed by atoms with Crippen LogP contribution in [0.1, 0.15) is 10.4 Å². The first-order valence-corrected chi connectivity index (χ1v) is 7.45. The molecular formula is C19H16N2O3. The molecule has 120 valence electrons. The maximum absolute atomic E-state index is 12.3. The Morgan fingerprint density at radius 3 is 2.38 bits per heavy atom. The second-order valence-electron chi connectivity index (χ2n) is 5.27. The molecule has 0 unspecified atom stereocenters. The number of rotatable bonds is 5. The van der Waals surface area contributed by atoms with E-state index in [1.54, 1.807) is 18.2 Å². The van der Waals surface area contributed by atoms with Gasteiger partial charge in [-0.1, -0.05) is 54.6 Å². The van der Waals surface area contributed by atoms with Gasteiger partial charge in [-0.2, -0.15) is 5.10 Å². The van der Waals surface area contributed by atoms with Crippen molar-refractivity contribution in [3.05, 3.63) is 76.6 Å². The quantitative estimate of drug-likeness (QED) is 0.678. The molecule has 5 heteroatoms. The van der Waals surface area contributed by atoms with E-state index >= 15 is 0 Å². The fourth-order valence-corrected chi connectivity index (χ4v) is 2.48. The molecule has 0 bridgehead atoms. The number of aromatic nitrogens is 2. The van der Waals surface area contributed by atoms with Gasteiger partial charge >= 0.3 is 0 Å². The minimum Gasteiger partial charge on any atom is -0.362 e. The van der Waals surface area contributed by atoms with E-state index in [-0.39, 0.29) is 12.3 Å². The molecule has 0 aliphatic heterocycles. The zero-order valence-electron chi connectivity index (χ0n) is 13.2. The molecule has 0 amide bonds. The third-order valence-electron chi connectivity index (χ3n) is 3.65. The highest BCUT2D eigenvalue weighted by molar-refractivity contribution is 5.82. The summed E-state index contributed by atoms with van der Waals surface area (Å²) in [5.74, 6) is 0. The van der Waals surface area contributed by atoms with Crippen molar-refractivity contribution in [3.63, 3.8) is 0 Å². The predicted octanol–water partition coefficient (Wildman–Crippen LogP) is 2.99. The van der Waals surface area contributed by atoms with Crippen molar-refractivity contribution in [1.29, 1.82) is 0 Å². The molecule has 3 rings (SSSR count). The van der Waals surface area contributed by atoms with Crippen LogP contribution >= 0.6 is 0 Å². The Labute approximate surface area is 139 Å². The van der Waals surface area contributed by atoms with Gasteiger partial charge < -0.3 is 4.74 Å². The fourth-order valence-electron chi connectivity index (χ4n) is 2.48. The third-order valence-corrected chi connectivity index (χ3v) is 3.65. The molecule has 1 heterocycles. The summed E-state index contributed by atoms with van der Waals surface area (Å²) in [4.78, 5) is 23.1. The average molecular weight is 320 g/mol. The number of methoxy groups -OCH3 is 1. The van der Waals surface area contributed by atoms with Gasteiger partial charge in [0.2, 0.25) is 0 Å². The average Bonchev–Trinajstić information content (AvgIpc) is 2.64. The van der Waals surface area contributed by atoms with Crippen molar-refractivity contribution in [2.75, 3.05) is 7.11 Å². The van der Waals surface area contributed by atoms with Crippen LogP contribution in [0, 0.1) is 0 Å². The molecule has 0 radical (unpaired) electrons. The molecule has 2 aromatic carbocycles. The number of benzene rings is 2. The molecule has 0 aliphatic rings. The Balaban J connectivity index is 2.21. The molecule has 0 aliphatic carbocycles. The topological polar surface area (TPSA) is 61.2 Å². The van der Waals surface area contributed by atoms with Gasteiger partial charge in [-0.25, -0.2) is 4.68 Å². The van der Waals surface area contributed by atoms with Crippen LogP contribution in [0.25, 0.3) is 22.4 Å². The van der Waals surface area contributed by atoms with E-state index < -0.39 is 0 Å². The van der Waals surface area contributed by atoms with Crippen molar-refractivity contribution in [3.8, 4) is 22.4 Å². The van der Waals surface area contributed by atoms with Gasteiger partial charge in [0.25, 0.3) is 5.56 Å². The summed E-state index contributed by atoms with van der Waals surface area (Å²) in [6.07, 6.45) is 0.788. The Hall–Kier alpha value is -3.05. The molecule has 0 saturated carbocycles. The largest absolute Gasteiger partial charge is 0.362 e. The lowest BCUT2D eigenvalue weighted by molar-refractivity contribution is 0.112. The standard InChI is InChI=1S/C19H16N2O3/c1-24-13-21-18(23)11-17(15-9-7-14(12-22)8-10-15)19(20-21)16-5-3-2-4-6-16/h2-12H,13H2,1H3. The molecule has 0 spiro atoms. The van der Waals surface area contributed by atoms with E-state index in [9.17, 15) is 9.59 Å². The molecule has 0 saturated heterocycles. The molecule has 0 atom stereocenters. The van der Waals surface area contributed by atoms with E-state index in [2.05, 4.69) is 5.10 Å². The van der Waals surface area contributed by atoms with Crippen LogP contribution in [-0.4, -0.2) is 23.2 Å². The second-order valence-corrected chi connectivity index (χ2v) is 5.27. The monoisotopic (exact) mass is 320 g/mol. The predicted molar refractivity (Wildman–Crippen MR) is 91.8 cm³/mol. The van der Waals surface area contributed by atoms with Crippen LogP contribution in [0.2, 0.25) is 0 Å². The van der Waals surface area contributed by atoms with Crippen LogP contribution in [0.15, 0.2) is 65.5 Å². The summed E-state index contributed by atoms with van der Waals surface area (Å²) in [7, 11) is 1.52. The van der Waals surface area contributed by atoms with Crippen LogP contribution < -0.4 is 5.56 Å². The lowest BCUT2D eigenvalue weighted by Gasteiger charge is -2.12. The fraction of sp³-hybridized carbons (Fsp3) is 0.105. The zero-order valence-corrected chi connectivity index (χ0v) is 13.2. The minimum atomic E-state index is -0.244. The smallest absolute Gasteiger partial charge is 0.269 e. The number of hydrogen-bond acceptors (Lipinski definition) is 4. The maximum Gasteiger partial charge on any atom is 0.269 e. The van der Waals surface area contributed by atoms with Crippen molar-refractivity contribution < 1.29 is 9.53 Å². The Morgan fingerprint density at radius 2 is 1.75 bits per heavy atom. The molecule has 1 aromatic heterocycles. The van der Waals surface area contributed by atoms with Crippen LogP contribution in [0.4, 0.5) is 0 Å². The van der Waals surface area contributed by atoms with Crippen LogP contribution in [0.3, 0.4) is 0 Å². The van der Waals surface area contributed by atoms with Crippen molar-refractivity contribution in [2.45, 2.75) is 6.73 Å². The first-order chi connectivity index (χ1) is 11.7. The van der Waals surface area contributed by atoms with E-state index in [0.717, 1.165) is 23.0 Å². The Bertz CT molecular complexity index is 900. The number of nitrogens with zero attached hydrogens (tertiary/aromatic N) is 2. The third kappa shape index (κ3) is 3.16. The molecule has 24 heavy (non-hydrogen) atoms. The van der Waals surface area contributed by atoms with Gasteiger partial charge in [0.1, 0.15) is 13.0 Å². The van der Waals surface area contributed by atoms with Crippen LogP contribution in [0.5, 0.6) is 0 Å². The van der Waals surface area contributed by atoms with Crippen molar-refractivity contribution >= 4 is 6.29 Å². The van der Waals surface area contributed by atoms with Gasteiger partial charge in [-0.3, -0.25) is 9.59 Å². The number of carbonyl (C=O) groups excluding carboxylic acids is 1. The number of hydrogen-bond donors (Lipinski definition) is 0. The van der Waals surface area contributed by atoms with E-state index in [4.69, 9.17) is 4.74 Å². The Morgan fingerprint density at radius 1 is 1.04 bits per heavy atom. The highest BCUT2D eigenvalue weighted by Crippen LogP contribution is 2.29. The number of carbonyl (C=O) groups is 1. The first kappa shape index (κ1) is 15.8. The van der Waals surface area contributed by atoms with E-state index in [1.165, 1.54) is 11.8 Å². The summed E-state index contributed by atoms with van der Waals surface area (Å²) in [5.41, 5.74) is 3.47. The maximum atomic E-state index is 12.3. The SMILES string of the molecule is COCn1nc(-c2ccccc2)c(-c2ccc(C=O)cc2)cc1=O. The van der Waals surface area contributed by atoms with Gasteiger partial charge in [-0.15, -0.1) is 0 Å². The zero-order chi connectivity index (χ0) is 16.9. The number of ether oxygens (including phenoxy) is 1. The van der Waals surface area contributed by atoms with Gasteiger partial charge in [0, 0.05) is 29.9 Å². The highest BCUT2D eigenvalue weighted by Gasteiger charge is 2.13. The molecule has 0 fully saturated rings.